The van der Waals surface area contributed by atoms with Gasteiger partial charge in [-0.15, -0.1) is 0 Å². The van der Waals surface area contributed by atoms with Gasteiger partial charge >= 0.3 is 0 Å². The summed E-state index contributed by atoms with van der Waals surface area (Å²) < 4.78 is 26.8. The molecule has 0 heterocycles. The maximum Gasteiger partial charge on any atom is 0.243 e. The summed E-state index contributed by atoms with van der Waals surface area (Å²) in [5, 5.41) is 0. The summed E-state index contributed by atoms with van der Waals surface area (Å²) in [6, 6.07) is 7.10. The fourth-order valence-electron chi connectivity index (χ4n) is 2.17. The van der Waals surface area contributed by atoms with Gasteiger partial charge in [-0.2, -0.15) is 4.31 Å². The second kappa shape index (κ2) is 7.76. The highest BCUT2D eigenvalue weighted by Crippen LogP contribution is 2.16. The van der Waals surface area contributed by atoms with Crippen LogP contribution < -0.4 is 0 Å². The van der Waals surface area contributed by atoms with Crippen LogP contribution in [0.5, 0.6) is 0 Å². The van der Waals surface area contributed by atoms with Crippen LogP contribution in [-0.2, 0) is 10.0 Å². The molecule has 0 saturated carbocycles. The molecule has 0 aliphatic carbocycles. The van der Waals surface area contributed by atoms with Gasteiger partial charge in [0.1, 0.15) is 0 Å². The lowest BCUT2D eigenvalue weighted by Gasteiger charge is -2.25. The molecule has 0 radical (unpaired) electrons. The van der Waals surface area contributed by atoms with Crippen molar-refractivity contribution in [3.8, 4) is 0 Å². The lowest BCUT2D eigenvalue weighted by atomic mass is 10.2. The first-order valence-electron chi connectivity index (χ1n) is 7.24. The Balaban J connectivity index is 2.87. The third-order valence-electron chi connectivity index (χ3n) is 3.54. The van der Waals surface area contributed by atoms with E-state index in [4.69, 9.17) is 0 Å². The standard InChI is InChI=1S/C15H26N2O2S/c1-5-16(6-2)11-12-17(7-3)20(18,19)15-10-8-9-14(4)13-15/h8-10,13H,5-7,11-12H2,1-4H3. The third kappa shape index (κ3) is 4.30. The van der Waals surface area contributed by atoms with Crippen molar-refractivity contribution in [1.29, 1.82) is 0 Å². The average Bonchev–Trinajstić information content (AvgIpc) is 2.43. The van der Waals surface area contributed by atoms with Gasteiger partial charge < -0.3 is 4.90 Å². The quantitative estimate of drug-likeness (QED) is 0.739. The van der Waals surface area contributed by atoms with E-state index in [1.54, 1.807) is 22.5 Å². The fraction of sp³-hybridized carbons (Fsp3) is 0.600. The predicted molar refractivity (Wildman–Crippen MR) is 83.4 cm³/mol. The van der Waals surface area contributed by atoms with Crippen molar-refractivity contribution in [2.75, 3.05) is 32.7 Å². The first-order valence-corrected chi connectivity index (χ1v) is 8.68. The predicted octanol–water partition coefficient (Wildman–Crippen LogP) is 2.35. The van der Waals surface area contributed by atoms with Gasteiger partial charge in [-0.25, -0.2) is 8.42 Å². The molecular weight excluding hydrogens is 272 g/mol. The number of aryl methyl sites for hydroxylation is 1. The molecule has 0 fully saturated rings. The van der Waals surface area contributed by atoms with Crippen molar-refractivity contribution < 1.29 is 8.42 Å². The highest BCUT2D eigenvalue weighted by molar-refractivity contribution is 7.89. The molecular formula is C15H26N2O2S. The molecule has 5 heteroatoms. The highest BCUT2D eigenvalue weighted by Gasteiger charge is 2.23. The molecule has 20 heavy (non-hydrogen) atoms. The van der Waals surface area contributed by atoms with Crippen LogP contribution in [0.2, 0.25) is 0 Å². The van der Waals surface area contributed by atoms with Crippen LogP contribution in [0, 0.1) is 6.92 Å². The van der Waals surface area contributed by atoms with Crippen molar-refractivity contribution in [3.05, 3.63) is 29.8 Å². The van der Waals surface area contributed by atoms with E-state index < -0.39 is 10.0 Å². The second-order valence-electron chi connectivity index (χ2n) is 4.84. The molecule has 0 aromatic heterocycles. The number of likely N-dealkylation sites (N-methyl/N-ethyl adjacent to an activating group) is 2. The van der Waals surface area contributed by atoms with Crippen LogP contribution in [-0.4, -0.2) is 50.3 Å². The summed E-state index contributed by atoms with van der Waals surface area (Å²) in [6.07, 6.45) is 0. The van der Waals surface area contributed by atoms with Crippen LogP contribution in [0.15, 0.2) is 29.2 Å². The number of hydrogen-bond acceptors (Lipinski definition) is 3. The van der Waals surface area contributed by atoms with Gasteiger partial charge in [0.05, 0.1) is 4.90 Å². The average molecular weight is 298 g/mol. The highest BCUT2D eigenvalue weighted by atomic mass is 32.2. The summed E-state index contributed by atoms with van der Waals surface area (Å²) in [5.41, 5.74) is 0.964. The Morgan fingerprint density at radius 3 is 2.15 bits per heavy atom. The van der Waals surface area contributed by atoms with Crippen molar-refractivity contribution in [2.24, 2.45) is 0 Å². The van der Waals surface area contributed by atoms with Crippen LogP contribution >= 0.6 is 0 Å². The first-order chi connectivity index (χ1) is 9.45. The Hall–Kier alpha value is -0.910. The largest absolute Gasteiger partial charge is 0.303 e. The van der Waals surface area contributed by atoms with E-state index in [1.165, 1.54) is 0 Å². The summed E-state index contributed by atoms with van der Waals surface area (Å²) >= 11 is 0. The number of rotatable bonds is 8. The molecule has 0 atom stereocenters. The molecule has 0 aliphatic rings. The van der Waals surface area contributed by atoms with E-state index in [0.29, 0.717) is 18.0 Å². The molecule has 0 bridgehead atoms. The van der Waals surface area contributed by atoms with Crippen LogP contribution in [0.1, 0.15) is 26.3 Å². The molecule has 1 aromatic carbocycles. The minimum absolute atomic E-state index is 0.388. The van der Waals surface area contributed by atoms with Crippen molar-refractivity contribution in [1.82, 2.24) is 9.21 Å². The zero-order valence-corrected chi connectivity index (χ0v) is 13.8. The Bertz CT molecular complexity index is 510. The molecule has 0 aliphatic heterocycles. The van der Waals surface area contributed by atoms with Gasteiger partial charge in [-0.3, -0.25) is 0 Å². The Kier molecular flexibility index (Phi) is 6.65. The SMILES string of the molecule is CCN(CC)CCN(CC)S(=O)(=O)c1cccc(C)c1. The molecule has 4 nitrogen and oxygen atoms in total. The van der Waals surface area contributed by atoms with Gasteiger partial charge in [-0.05, 0) is 37.7 Å². The lowest BCUT2D eigenvalue weighted by molar-refractivity contribution is 0.274. The zero-order valence-electron chi connectivity index (χ0n) is 13.0. The van der Waals surface area contributed by atoms with E-state index in [1.807, 2.05) is 19.9 Å². The molecule has 0 amide bonds. The maximum absolute atomic E-state index is 12.6. The topological polar surface area (TPSA) is 40.6 Å². The minimum atomic E-state index is -3.38. The van der Waals surface area contributed by atoms with Crippen molar-refractivity contribution in [3.63, 3.8) is 0 Å². The van der Waals surface area contributed by atoms with Crippen molar-refractivity contribution >= 4 is 10.0 Å². The van der Waals surface area contributed by atoms with Gasteiger partial charge in [0.25, 0.3) is 0 Å². The molecule has 1 aromatic rings. The number of hydrogen-bond donors (Lipinski definition) is 0. The second-order valence-corrected chi connectivity index (χ2v) is 6.78. The van der Waals surface area contributed by atoms with Crippen LogP contribution in [0.4, 0.5) is 0 Å². The van der Waals surface area contributed by atoms with E-state index >= 15 is 0 Å². The molecule has 0 N–H and O–H groups in total. The Labute approximate surface area is 123 Å². The van der Waals surface area contributed by atoms with Crippen molar-refractivity contribution in [2.45, 2.75) is 32.6 Å². The molecule has 1 rings (SSSR count). The summed E-state index contributed by atoms with van der Waals surface area (Å²) in [4.78, 5) is 2.62. The molecule has 0 unspecified atom stereocenters. The summed E-state index contributed by atoms with van der Waals surface area (Å²) in [6.45, 7) is 11.7. The van der Waals surface area contributed by atoms with Gasteiger partial charge in [0.2, 0.25) is 10.0 Å². The van der Waals surface area contributed by atoms with E-state index in [-0.39, 0.29) is 0 Å². The smallest absolute Gasteiger partial charge is 0.243 e. The van der Waals surface area contributed by atoms with Gasteiger partial charge in [0, 0.05) is 19.6 Å². The first kappa shape index (κ1) is 17.1. The normalized spacial score (nSPS) is 12.3. The minimum Gasteiger partial charge on any atom is -0.303 e. The molecule has 0 saturated heterocycles. The monoisotopic (exact) mass is 298 g/mol. The Morgan fingerprint density at radius 1 is 1.00 bits per heavy atom. The van der Waals surface area contributed by atoms with Crippen LogP contribution in [0.25, 0.3) is 0 Å². The fourth-order valence-corrected chi connectivity index (χ4v) is 3.71. The number of sulfonamides is 1. The summed E-state index contributed by atoms with van der Waals surface area (Å²) in [7, 11) is -3.38. The van der Waals surface area contributed by atoms with Crippen LogP contribution in [0.3, 0.4) is 0 Å². The Morgan fingerprint density at radius 2 is 1.65 bits per heavy atom. The van der Waals surface area contributed by atoms with E-state index in [9.17, 15) is 8.42 Å². The lowest BCUT2D eigenvalue weighted by Crippen LogP contribution is -2.38. The van der Waals surface area contributed by atoms with Gasteiger partial charge in [-0.1, -0.05) is 32.9 Å². The summed E-state index contributed by atoms with van der Waals surface area (Å²) in [5.74, 6) is 0. The maximum atomic E-state index is 12.6. The number of benzene rings is 1. The zero-order chi connectivity index (χ0) is 15.2. The van der Waals surface area contributed by atoms with E-state index in [2.05, 4.69) is 18.7 Å². The molecule has 114 valence electrons. The number of nitrogens with zero attached hydrogens (tertiary/aromatic N) is 2. The molecule has 0 spiro atoms. The van der Waals surface area contributed by atoms with Gasteiger partial charge in [0.15, 0.2) is 0 Å². The third-order valence-corrected chi connectivity index (χ3v) is 5.51. The van der Waals surface area contributed by atoms with E-state index in [0.717, 1.165) is 25.2 Å².